The number of phenols is 1. The van der Waals surface area contributed by atoms with E-state index in [-0.39, 0.29) is 34.8 Å². The topological polar surface area (TPSA) is 166 Å². The van der Waals surface area contributed by atoms with Crippen LogP contribution in [0.1, 0.15) is 40.1 Å². The van der Waals surface area contributed by atoms with Crippen molar-refractivity contribution in [2.75, 3.05) is 0 Å². The molecule has 0 heterocycles. The van der Waals surface area contributed by atoms with Gasteiger partial charge < -0.3 is 29.7 Å². The number of para-hydroxylation sites is 2. The third kappa shape index (κ3) is 7.17. The molecule has 0 radical (unpaired) electrons. The second kappa shape index (κ2) is 12.2. The van der Waals surface area contributed by atoms with Gasteiger partial charge in [-0.3, -0.25) is 14.4 Å². The van der Waals surface area contributed by atoms with Gasteiger partial charge in [0.1, 0.15) is 23.1 Å². The van der Waals surface area contributed by atoms with Crippen LogP contribution in [0.3, 0.4) is 0 Å². The van der Waals surface area contributed by atoms with Gasteiger partial charge in [-0.05, 0) is 42.0 Å². The maximum Gasteiger partial charge on any atom is 0.347 e. The molecule has 0 aliphatic heterocycles. The van der Waals surface area contributed by atoms with E-state index in [0.717, 1.165) is 0 Å². The van der Waals surface area contributed by atoms with Gasteiger partial charge in [0.15, 0.2) is 11.5 Å². The number of hydrogen-bond donors (Lipinski definition) is 3. The minimum Gasteiger partial charge on any atom is -0.504 e. The maximum atomic E-state index is 12.8. The lowest BCUT2D eigenvalue weighted by molar-refractivity contribution is -0.139. The fourth-order valence-electron chi connectivity index (χ4n) is 3.37. The number of carboxylic acids is 1. The smallest absolute Gasteiger partial charge is 0.347 e. The van der Waals surface area contributed by atoms with Gasteiger partial charge in [-0.15, -0.1) is 0 Å². The van der Waals surface area contributed by atoms with Crippen LogP contribution in [0.4, 0.5) is 0 Å². The number of carboxylic acid groups (broad SMARTS) is 1. The number of aliphatic carboxylic acids is 1. The SMILES string of the molecule is CC(=O)Oc1ccccc1C(=O)N[C@@H](Cc1ccc(O)c(OC(=O)c2ccccc2OC(C)=O)c1)C(=O)O. The second-order valence-corrected chi connectivity index (χ2v) is 7.94. The molecule has 3 aromatic rings. The summed E-state index contributed by atoms with van der Waals surface area (Å²) in [4.78, 5) is 60.0. The van der Waals surface area contributed by atoms with Gasteiger partial charge in [0.05, 0.1) is 5.56 Å². The maximum absolute atomic E-state index is 12.8. The molecule has 3 rings (SSSR count). The van der Waals surface area contributed by atoms with Crippen LogP contribution in [0.15, 0.2) is 66.7 Å². The van der Waals surface area contributed by atoms with Crippen LogP contribution in [0.2, 0.25) is 0 Å². The van der Waals surface area contributed by atoms with E-state index in [1.54, 1.807) is 12.1 Å². The zero-order chi connectivity index (χ0) is 27.8. The highest BCUT2D eigenvalue weighted by Crippen LogP contribution is 2.30. The van der Waals surface area contributed by atoms with Crippen LogP contribution in [-0.2, 0) is 20.8 Å². The molecule has 0 spiro atoms. The molecule has 0 saturated heterocycles. The summed E-state index contributed by atoms with van der Waals surface area (Å²) in [6.07, 6.45) is -0.244. The summed E-state index contributed by atoms with van der Waals surface area (Å²) in [5.74, 6) is -5.13. The fraction of sp³-hybridized carbons (Fsp3) is 0.148. The van der Waals surface area contributed by atoms with Crippen molar-refractivity contribution in [2.45, 2.75) is 26.3 Å². The number of carbonyl (C=O) groups is 5. The second-order valence-electron chi connectivity index (χ2n) is 7.94. The van der Waals surface area contributed by atoms with Crippen LogP contribution in [0.5, 0.6) is 23.0 Å². The van der Waals surface area contributed by atoms with Crippen molar-refractivity contribution in [3.63, 3.8) is 0 Å². The van der Waals surface area contributed by atoms with Crippen LogP contribution in [-0.4, -0.2) is 46.0 Å². The van der Waals surface area contributed by atoms with Crippen LogP contribution >= 0.6 is 0 Å². The molecule has 0 saturated carbocycles. The normalized spacial score (nSPS) is 11.1. The van der Waals surface area contributed by atoms with Crippen LogP contribution in [0.25, 0.3) is 0 Å². The average Bonchev–Trinajstić information content (AvgIpc) is 2.85. The number of carbonyl (C=O) groups excluding carboxylic acids is 4. The first-order chi connectivity index (χ1) is 18.0. The zero-order valence-electron chi connectivity index (χ0n) is 20.3. The lowest BCUT2D eigenvalue weighted by Crippen LogP contribution is -2.42. The van der Waals surface area contributed by atoms with Gasteiger partial charge in [-0.25, -0.2) is 9.59 Å². The Bertz CT molecular complexity index is 1400. The predicted molar refractivity (Wildman–Crippen MR) is 131 cm³/mol. The Labute approximate surface area is 216 Å². The van der Waals surface area contributed by atoms with Gasteiger partial charge in [-0.1, -0.05) is 30.3 Å². The summed E-state index contributed by atoms with van der Waals surface area (Å²) in [5, 5.41) is 22.3. The highest BCUT2D eigenvalue weighted by molar-refractivity contribution is 5.99. The van der Waals surface area contributed by atoms with Crippen molar-refractivity contribution in [3.8, 4) is 23.0 Å². The van der Waals surface area contributed by atoms with Crippen LogP contribution < -0.4 is 19.5 Å². The Morgan fingerprint density at radius 2 is 1.32 bits per heavy atom. The van der Waals surface area contributed by atoms with Crippen molar-refractivity contribution in [3.05, 3.63) is 83.4 Å². The molecule has 0 aromatic heterocycles. The molecule has 1 atom stereocenters. The average molecular weight is 521 g/mol. The Morgan fingerprint density at radius 1 is 0.763 bits per heavy atom. The van der Waals surface area contributed by atoms with E-state index in [1.165, 1.54) is 68.4 Å². The largest absolute Gasteiger partial charge is 0.504 e. The molecule has 11 nitrogen and oxygen atoms in total. The Hall–Kier alpha value is -5.19. The molecule has 0 bridgehead atoms. The molecular weight excluding hydrogens is 498 g/mol. The third-order valence-corrected chi connectivity index (χ3v) is 5.02. The zero-order valence-corrected chi connectivity index (χ0v) is 20.3. The Kier molecular flexibility index (Phi) is 8.78. The van der Waals surface area contributed by atoms with Gasteiger partial charge in [0, 0.05) is 20.3 Å². The monoisotopic (exact) mass is 521 g/mol. The van der Waals surface area contributed by atoms with Crippen molar-refractivity contribution >= 4 is 29.8 Å². The molecule has 0 aliphatic rings. The van der Waals surface area contributed by atoms with Gasteiger partial charge in [-0.2, -0.15) is 0 Å². The lowest BCUT2D eigenvalue weighted by Gasteiger charge is -2.17. The van der Waals surface area contributed by atoms with Crippen molar-refractivity contribution in [2.24, 2.45) is 0 Å². The number of esters is 3. The van der Waals surface area contributed by atoms with E-state index >= 15 is 0 Å². The predicted octanol–water partition coefficient (Wildman–Crippen LogP) is 2.89. The number of amides is 1. The first-order valence-corrected chi connectivity index (χ1v) is 11.2. The van der Waals surface area contributed by atoms with E-state index in [2.05, 4.69) is 5.32 Å². The van der Waals surface area contributed by atoms with Crippen molar-refractivity contribution in [1.82, 2.24) is 5.32 Å². The Morgan fingerprint density at radius 3 is 1.89 bits per heavy atom. The number of rotatable bonds is 9. The van der Waals surface area contributed by atoms with E-state index in [0.29, 0.717) is 5.56 Å². The molecular formula is C27H23NO10. The number of phenolic OH excluding ortho intramolecular Hbond substituents is 1. The standard InChI is InChI=1S/C27H23NO10/c1-15(29)36-22-9-5-3-7-18(22)25(32)28-20(26(33)34)13-17-11-12-21(31)24(14-17)38-27(35)19-8-4-6-10-23(19)37-16(2)30/h3-12,14,20,31H,13H2,1-2H3,(H,28,32)(H,33,34)/t20-/m0/s1. The summed E-state index contributed by atoms with van der Waals surface area (Å²) in [6, 6.07) is 14.1. The highest BCUT2D eigenvalue weighted by atomic mass is 16.6. The van der Waals surface area contributed by atoms with Gasteiger partial charge in [0.2, 0.25) is 0 Å². The molecule has 38 heavy (non-hydrogen) atoms. The van der Waals surface area contributed by atoms with E-state index in [1.807, 2.05) is 0 Å². The number of ether oxygens (including phenoxy) is 3. The number of nitrogens with one attached hydrogen (secondary N) is 1. The Balaban J connectivity index is 1.79. The highest BCUT2D eigenvalue weighted by Gasteiger charge is 2.24. The molecule has 196 valence electrons. The molecule has 3 N–H and O–H groups in total. The van der Waals surface area contributed by atoms with Crippen molar-refractivity contribution in [1.29, 1.82) is 0 Å². The molecule has 0 unspecified atom stereocenters. The molecule has 11 heteroatoms. The molecule has 3 aromatic carbocycles. The lowest BCUT2D eigenvalue weighted by atomic mass is 10.0. The minimum atomic E-state index is -1.43. The van der Waals surface area contributed by atoms with Gasteiger partial charge >= 0.3 is 23.9 Å². The summed E-state index contributed by atoms with van der Waals surface area (Å²) in [6.45, 7) is 2.34. The minimum absolute atomic E-state index is 0.0329. The fourth-order valence-corrected chi connectivity index (χ4v) is 3.37. The third-order valence-electron chi connectivity index (χ3n) is 5.02. The van der Waals surface area contributed by atoms with E-state index < -0.39 is 41.6 Å². The number of hydrogen-bond acceptors (Lipinski definition) is 9. The summed E-state index contributed by atoms with van der Waals surface area (Å²) < 4.78 is 15.3. The summed E-state index contributed by atoms with van der Waals surface area (Å²) >= 11 is 0. The van der Waals surface area contributed by atoms with Crippen LogP contribution in [0, 0.1) is 0 Å². The summed E-state index contributed by atoms with van der Waals surface area (Å²) in [5.41, 5.74) is 0.190. The quantitative estimate of drug-likeness (QED) is 0.281. The van der Waals surface area contributed by atoms with Crippen molar-refractivity contribution < 1.29 is 48.4 Å². The molecule has 1 amide bonds. The first-order valence-electron chi connectivity index (χ1n) is 11.2. The van der Waals surface area contributed by atoms with E-state index in [4.69, 9.17) is 14.2 Å². The number of benzene rings is 3. The van der Waals surface area contributed by atoms with Gasteiger partial charge in [0.25, 0.3) is 5.91 Å². The first kappa shape index (κ1) is 27.4. The summed E-state index contributed by atoms with van der Waals surface area (Å²) in [7, 11) is 0. The molecule has 0 fully saturated rings. The van der Waals surface area contributed by atoms with E-state index in [9.17, 15) is 34.2 Å². The number of aromatic hydroxyl groups is 1. The molecule has 0 aliphatic carbocycles.